The molecule has 59 heavy (non-hydrogen) atoms. The number of allylic oxidation sites excluding steroid dienone is 6. The molecule has 7 aromatic rings. The number of hydrogen-bond acceptors (Lipinski definition) is 1. The Balaban J connectivity index is 1.04. The van der Waals surface area contributed by atoms with Crippen molar-refractivity contribution in [1.29, 1.82) is 0 Å². The lowest BCUT2D eigenvalue weighted by Gasteiger charge is -2.41. The highest BCUT2D eigenvalue weighted by molar-refractivity contribution is 5.88. The summed E-state index contributed by atoms with van der Waals surface area (Å²) in [5.74, 6) is 0.400. The van der Waals surface area contributed by atoms with Crippen LogP contribution >= 0.6 is 0 Å². The highest BCUT2D eigenvalue weighted by Crippen LogP contribution is 2.62. The van der Waals surface area contributed by atoms with E-state index in [-0.39, 0.29) is 11.5 Å². The van der Waals surface area contributed by atoms with Gasteiger partial charge in [-0.3, -0.25) is 0 Å². The first-order valence-corrected chi connectivity index (χ1v) is 21.2. The summed E-state index contributed by atoms with van der Waals surface area (Å²) in [5.41, 5.74) is 19.6. The fourth-order valence-corrected chi connectivity index (χ4v) is 11.0. The molecular formula is C58H47N. The zero-order valence-electron chi connectivity index (χ0n) is 33.7. The summed E-state index contributed by atoms with van der Waals surface area (Å²) in [4.78, 5) is 2.53. The molecule has 0 aliphatic heterocycles. The van der Waals surface area contributed by atoms with Crippen LogP contribution in [0.25, 0.3) is 33.4 Å². The molecule has 0 radical (unpaired) electrons. The third-order valence-electron chi connectivity index (χ3n) is 13.8. The normalized spacial score (nSPS) is 19.1. The molecule has 0 fully saturated rings. The third-order valence-corrected chi connectivity index (χ3v) is 13.8. The number of nitrogens with zero attached hydrogens (tertiary/aromatic N) is 1. The van der Waals surface area contributed by atoms with Gasteiger partial charge in [0.25, 0.3) is 0 Å². The van der Waals surface area contributed by atoms with Crippen molar-refractivity contribution >= 4 is 22.5 Å². The van der Waals surface area contributed by atoms with Crippen molar-refractivity contribution in [3.05, 3.63) is 251 Å². The van der Waals surface area contributed by atoms with Crippen molar-refractivity contribution in [1.82, 2.24) is 0 Å². The molecule has 11 rings (SSSR count). The molecule has 0 spiro atoms. The first-order chi connectivity index (χ1) is 29.0. The first kappa shape index (κ1) is 35.5. The second kappa shape index (κ2) is 14.0. The zero-order chi connectivity index (χ0) is 39.6. The van der Waals surface area contributed by atoms with E-state index in [0.29, 0.717) is 5.92 Å². The Bertz CT molecular complexity index is 2790. The third kappa shape index (κ3) is 5.59. The monoisotopic (exact) mass is 757 g/mol. The topological polar surface area (TPSA) is 3.24 Å². The fraction of sp³-hybridized carbons (Fsp3) is 0.138. The Morgan fingerprint density at radius 1 is 0.492 bits per heavy atom. The first-order valence-electron chi connectivity index (χ1n) is 21.2. The molecule has 284 valence electrons. The van der Waals surface area contributed by atoms with Crippen molar-refractivity contribution in [3.8, 4) is 22.3 Å². The maximum atomic E-state index is 2.53. The van der Waals surface area contributed by atoms with Crippen LogP contribution in [-0.4, -0.2) is 6.04 Å². The Morgan fingerprint density at radius 3 is 1.63 bits per heavy atom. The summed E-state index contributed by atoms with van der Waals surface area (Å²) in [6.45, 7) is 4.91. The van der Waals surface area contributed by atoms with E-state index in [1.807, 2.05) is 0 Å². The van der Waals surface area contributed by atoms with Crippen LogP contribution in [0.3, 0.4) is 0 Å². The Hall–Kier alpha value is -6.70. The van der Waals surface area contributed by atoms with Gasteiger partial charge in [-0.25, -0.2) is 0 Å². The van der Waals surface area contributed by atoms with Crippen LogP contribution in [0.4, 0.5) is 11.4 Å². The molecule has 1 heteroatoms. The maximum absolute atomic E-state index is 2.53. The van der Waals surface area contributed by atoms with Crippen LogP contribution in [0.5, 0.6) is 0 Å². The molecule has 4 aliphatic rings. The standard InChI is InChI=1S/C58H47N/c1-57(2)53-22-12-9-19-49(53)52-38-31-45(39-56(52)57)58(54-23-13-10-20-50(54)51-21-11-14-24-55(51)58)44-29-36-48(37-30-44)59(46-32-25-42(26-33-46)40-15-5-3-6-16-40)47-34-27-43(28-35-47)41-17-7-4-8-18-41/h3-34,36-38,47,56H,35,39H2,1-2H3. The second-order valence-electron chi connectivity index (χ2n) is 17.2. The fourth-order valence-electron chi connectivity index (χ4n) is 11.0. The number of hydrogen-bond donors (Lipinski definition) is 0. The molecule has 2 atom stereocenters. The molecule has 2 unspecified atom stereocenters. The highest BCUT2D eigenvalue weighted by Gasteiger charge is 2.51. The smallest absolute Gasteiger partial charge is 0.0676 e. The summed E-state index contributed by atoms with van der Waals surface area (Å²) < 4.78 is 0. The van der Waals surface area contributed by atoms with Crippen molar-refractivity contribution in [2.24, 2.45) is 5.92 Å². The number of fused-ring (bicyclic) bond motifs is 6. The van der Waals surface area contributed by atoms with Crippen LogP contribution in [-0.2, 0) is 10.8 Å². The minimum atomic E-state index is -0.418. The number of benzene rings is 7. The molecule has 7 aromatic carbocycles. The van der Waals surface area contributed by atoms with Gasteiger partial charge >= 0.3 is 0 Å². The van der Waals surface area contributed by atoms with E-state index in [1.54, 1.807) is 0 Å². The highest BCUT2D eigenvalue weighted by atomic mass is 15.2. The quantitative estimate of drug-likeness (QED) is 0.157. The summed E-state index contributed by atoms with van der Waals surface area (Å²) in [5, 5.41) is 0. The van der Waals surface area contributed by atoms with Gasteiger partial charge in [-0.05, 0) is 115 Å². The van der Waals surface area contributed by atoms with Crippen LogP contribution in [0.15, 0.2) is 218 Å². The SMILES string of the molecule is CC1(C)c2ccccc2C2=CC=C(C3(c4ccc(N(c5ccc(-c6ccccc6)cc5)C5C=CC(c6ccccc6)=CC5)cc4)c4ccccc4-c4ccccc43)CC21. The van der Waals surface area contributed by atoms with Crippen molar-refractivity contribution in [2.75, 3.05) is 4.90 Å². The van der Waals surface area contributed by atoms with E-state index < -0.39 is 5.41 Å². The second-order valence-corrected chi connectivity index (χ2v) is 17.2. The van der Waals surface area contributed by atoms with E-state index in [9.17, 15) is 0 Å². The predicted molar refractivity (Wildman–Crippen MR) is 248 cm³/mol. The summed E-state index contributed by atoms with van der Waals surface area (Å²) in [6, 6.07) is 67.8. The van der Waals surface area contributed by atoms with Crippen LogP contribution in [0.2, 0.25) is 0 Å². The molecule has 0 aromatic heterocycles. The minimum absolute atomic E-state index is 0.0313. The van der Waals surface area contributed by atoms with E-state index in [0.717, 1.165) is 12.8 Å². The summed E-state index contributed by atoms with van der Waals surface area (Å²) in [6.07, 6.45) is 14.0. The van der Waals surface area contributed by atoms with Gasteiger partial charge in [0.15, 0.2) is 0 Å². The van der Waals surface area contributed by atoms with Crippen molar-refractivity contribution in [2.45, 2.75) is 43.6 Å². The predicted octanol–water partition coefficient (Wildman–Crippen LogP) is 14.5. The summed E-state index contributed by atoms with van der Waals surface area (Å²) >= 11 is 0. The van der Waals surface area contributed by atoms with E-state index in [4.69, 9.17) is 0 Å². The molecule has 0 saturated heterocycles. The van der Waals surface area contributed by atoms with E-state index >= 15 is 0 Å². The lowest BCUT2D eigenvalue weighted by molar-refractivity contribution is 0.398. The van der Waals surface area contributed by atoms with Gasteiger partial charge < -0.3 is 4.90 Å². The van der Waals surface area contributed by atoms with Gasteiger partial charge in [0.05, 0.1) is 11.5 Å². The Morgan fingerprint density at radius 2 is 1.02 bits per heavy atom. The Kier molecular flexibility index (Phi) is 8.41. The van der Waals surface area contributed by atoms with Crippen molar-refractivity contribution in [3.63, 3.8) is 0 Å². The molecule has 0 bridgehead atoms. The van der Waals surface area contributed by atoms with Gasteiger partial charge in [-0.1, -0.05) is 208 Å². The average molecular weight is 758 g/mol. The van der Waals surface area contributed by atoms with Gasteiger partial charge in [-0.2, -0.15) is 0 Å². The van der Waals surface area contributed by atoms with E-state index in [1.165, 1.54) is 83.7 Å². The number of anilines is 2. The summed E-state index contributed by atoms with van der Waals surface area (Å²) in [7, 11) is 0. The van der Waals surface area contributed by atoms with Gasteiger partial charge in [0.1, 0.15) is 0 Å². The number of rotatable bonds is 7. The Labute approximate surface area is 349 Å². The van der Waals surface area contributed by atoms with Crippen molar-refractivity contribution < 1.29 is 0 Å². The van der Waals surface area contributed by atoms with E-state index in [2.05, 4.69) is 231 Å². The lowest BCUT2D eigenvalue weighted by atomic mass is 9.61. The molecule has 0 amide bonds. The molecule has 0 saturated carbocycles. The molecule has 0 heterocycles. The van der Waals surface area contributed by atoms with Gasteiger partial charge in [0, 0.05) is 11.4 Å². The van der Waals surface area contributed by atoms with Crippen LogP contribution < -0.4 is 4.90 Å². The molecular weight excluding hydrogens is 711 g/mol. The molecule has 1 nitrogen and oxygen atoms in total. The average Bonchev–Trinajstić information content (AvgIpc) is 3.73. The molecule has 0 N–H and O–H groups in total. The van der Waals surface area contributed by atoms with Gasteiger partial charge in [0.2, 0.25) is 0 Å². The minimum Gasteiger partial charge on any atom is -0.334 e. The largest absolute Gasteiger partial charge is 0.334 e. The molecule has 4 aliphatic carbocycles. The zero-order valence-corrected chi connectivity index (χ0v) is 33.7. The maximum Gasteiger partial charge on any atom is 0.0676 e. The van der Waals surface area contributed by atoms with Crippen LogP contribution in [0.1, 0.15) is 60.1 Å². The van der Waals surface area contributed by atoms with Gasteiger partial charge in [-0.15, -0.1) is 0 Å². The van der Waals surface area contributed by atoms with Crippen LogP contribution in [0, 0.1) is 5.92 Å². The lowest BCUT2D eigenvalue weighted by Crippen LogP contribution is -2.34.